The Balaban J connectivity index is 1.68. The fourth-order valence-corrected chi connectivity index (χ4v) is 2.96. The van der Waals surface area contributed by atoms with Crippen molar-refractivity contribution >= 4 is 11.6 Å². The molecule has 3 rings (SSSR count). The van der Waals surface area contributed by atoms with Crippen LogP contribution in [0.3, 0.4) is 0 Å². The summed E-state index contributed by atoms with van der Waals surface area (Å²) in [5, 5.41) is 9.16. The lowest BCUT2D eigenvalue weighted by Crippen LogP contribution is -2.44. The molecule has 1 aromatic rings. The summed E-state index contributed by atoms with van der Waals surface area (Å²) in [4.78, 5) is 20.6. The normalized spacial score (nSPS) is 22.1. The van der Waals surface area contributed by atoms with Crippen molar-refractivity contribution in [3.8, 4) is 6.07 Å². The van der Waals surface area contributed by atoms with Gasteiger partial charge in [-0.15, -0.1) is 0 Å². The topological polar surface area (TPSA) is 69.5 Å². The summed E-state index contributed by atoms with van der Waals surface area (Å²) in [5.41, 5.74) is 1.45. The first-order valence-electron chi connectivity index (χ1n) is 7.25. The van der Waals surface area contributed by atoms with Crippen LogP contribution in [-0.2, 0) is 9.53 Å². The summed E-state index contributed by atoms with van der Waals surface area (Å²) in [6.45, 7) is 4.09. The number of morpholine rings is 1. The predicted octanol–water partition coefficient (Wildman–Crippen LogP) is 0.638. The van der Waals surface area contributed by atoms with Crippen LogP contribution < -0.4 is 4.90 Å². The van der Waals surface area contributed by atoms with E-state index in [4.69, 9.17) is 10.00 Å². The Kier molecular flexibility index (Phi) is 4.02. The Morgan fingerprint density at radius 1 is 1.38 bits per heavy atom. The first kappa shape index (κ1) is 13.8. The van der Waals surface area contributed by atoms with Gasteiger partial charge < -0.3 is 14.5 Å². The number of carbonyl (C=O) groups is 1. The maximum atomic E-state index is 12.5. The van der Waals surface area contributed by atoms with E-state index >= 15 is 0 Å². The molecule has 0 N–H and O–H groups in total. The van der Waals surface area contributed by atoms with Crippen molar-refractivity contribution < 1.29 is 9.53 Å². The molecule has 0 aliphatic carbocycles. The molecule has 0 spiro atoms. The largest absolute Gasteiger partial charge is 0.378 e. The lowest BCUT2D eigenvalue weighted by molar-refractivity contribution is -0.138. The standard InChI is InChI=1S/C15H18N4O2/c16-9-12-1-3-17-10-14(12)19-4-2-13(11-19)15(20)18-5-7-21-8-6-18/h1,3,10,13H,2,4-8,11H2. The van der Waals surface area contributed by atoms with E-state index in [1.807, 2.05) is 4.90 Å². The van der Waals surface area contributed by atoms with Crippen molar-refractivity contribution in [2.24, 2.45) is 5.92 Å². The van der Waals surface area contributed by atoms with Gasteiger partial charge in [0.25, 0.3) is 0 Å². The highest BCUT2D eigenvalue weighted by molar-refractivity contribution is 5.80. The highest BCUT2D eigenvalue weighted by atomic mass is 16.5. The molecule has 2 aliphatic heterocycles. The Labute approximate surface area is 123 Å². The van der Waals surface area contributed by atoms with Gasteiger partial charge in [0, 0.05) is 32.4 Å². The van der Waals surface area contributed by atoms with E-state index in [0.717, 1.165) is 18.7 Å². The molecule has 2 saturated heterocycles. The van der Waals surface area contributed by atoms with Crippen LogP contribution in [0.15, 0.2) is 18.5 Å². The minimum absolute atomic E-state index is 0.00912. The van der Waals surface area contributed by atoms with Gasteiger partial charge in [-0.2, -0.15) is 5.26 Å². The number of anilines is 1. The minimum atomic E-state index is 0.00912. The molecule has 1 atom stereocenters. The minimum Gasteiger partial charge on any atom is -0.378 e. The zero-order valence-electron chi connectivity index (χ0n) is 11.9. The molecule has 0 saturated carbocycles. The second-order valence-corrected chi connectivity index (χ2v) is 5.37. The highest BCUT2D eigenvalue weighted by Gasteiger charge is 2.32. The highest BCUT2D eigenvalue weighted by Crippen LogP contribution is 2.27. The monoisotopic (exact) mass is 286 g/mol. The summed E-state index contributed by atoms with van der Waals surface area (Å²) in [6, 6.07) is 3.90. The van der Waals surface area contributed by atoms with Crippen molar-refractivity contribution in [2.45, 2.75) is 6.42 Å². The number of nitriles is 1. The number of rotatable bonds is 2. The zero-order valence-corrected chi connectivity index (χ0v) is 11.9. The molecular weight excluding hydrogens is 268 g/mol. The summed E-state index contributed by atoms with van der Waals surface area (Å²) in [5.74, 6) is 0.220. The molecule has 6 heteroatoms. The molecule has 1 unspecified atom stereocenters. The number of pyridine rings is 1. The third-order valence-electron chi connectivity index (χ3n) is 4.12. The number of hydrogen-bond donors (Lipinski definition) is 0. The number of ether oxygens (including phenoxy) is 1. The first-order chi connectivity index (χ1) is 10.3. The van der Waals surface area contributed by atoms with Crippen LogP contribution in [0.5, 0.6) is 0 Å². The van der Waals surface area contributed by atoms with Gasteiger partial charge in [-0.1, -0.05) is 0 Å². The fraction of sp³-hybridized carbons (Fsp3) is 0.533. The average molecular weight is 286 g/mol. The molecule has 0 bridgehead atoms. The average Bonchev–Trinajstić information content (AvgIpc) is 3.04. The molecule has 2 fully saturated rings. The van der Waals surface area contributed by atoms with Gasteiger partial charge in [-0.3, -0.25) is 9.78 Å². The van der Waals surface area contributed by atoms with Crippen LogP contribution in [0, 0.1) is 17.2 Å². The number of hydrogen-bond acceptors (Lipinski definition) is 5. The van der Waals surface area contributed by atoms with E-state index in [-0.39, 0.29) is 11.8 Å². The summed E-state index contributed by atoms with van der Waals surface area (Å²) >= 11 is 0. The van der Waals surface area contributed by atoms with Crippen LogP contribution in [0.2, 0.25) is 0 Å². The van der Waals surface area contributed by atoms with Crippen LogP contribution in [-0.4, -0.2) is 55.2 Å². The van der Waals surface area contributed by atoms with E-state index < -0.39 is 0 Å². The molecule has 0 radical (unpaired) electrons. The Bertz CT molecular complexity index is 563. The van der Waals surface area contributed by atoms with Crippen LogP contribution in [0.1, 0.15) is 12.0 Å². The summed E-state index contributed by atoms with van der Waals surface area (Å²) in [7, 11) is 0. The van der Waals surface area contributed by atoms with Crippen molar-refractivity contribution in [2.75, 3.05) is 44.3 Å². The third kappa shape index (κ3) is 2.83. The predicted molar refractivity (Wildman–Crippen MR) is 76.7 cm³/mol. The Morgan fingerprint density at radius 2 is 2.19 bits per heavy atom. The fourth-order valence-electron chi connectivity index (χ4n) is 2.96. The zero-order chi connectivity index (χ0) is 14.7. The second kappa shape index (κ2) is 6.10. The van der Waals surface area contributed by atoms with Crippen molar-refractivity contribution in [3.63, 3.8) is 0 Å². The molecular formula is C15H18N4O2. The van der Waals surface area contributed by atoms with Gasteiger partial charge >= 0.3 is 0 Å². The smallest absolute Gasteiger partial charge is 0.227 e. The number of nitrogens with zero attached hydrogens (tertiary/aromatic N) is 4. The number of amides is 1. The number of carbonyl (C=O) groups excluding carboxylic acids is 1. The van der Waals surface area contributed by atoms with Gasteiger partial charge in [-0.25, -0.2) is 0 Å². The molecule has 1 aromatic heterocycles. The summed E-state index contributed by atoms with van der Waals surface area (Å²) in [6.07, 6.45) is 4.16. The van der Waals surface area contributed by atoms with Crippen LogP contribution in [0.4, 0.5) is 5.69 Å². The van der Waals surface area contributed by atoms with E-state index in [1.165, 1.54) is 0 Å². The lowest BCUT2D eigenvalue weighted by atomic mass is 10.1. The van der Waals surface area contributed by atoms with E-state index in [9.17, 15) is 4.79 Å². The molecule has 1 amide bonds. The van der Waals surface area contributed by atoms with Crippen molar-refractivity contribution in [3.05, 3.63) is 24.0 Å². The molecule has 21 heavy (non-hydrogen) atoms. The molecule has 6 nitrogen and oxygen atoms in total. The van der Waals surface area contributed by atoms with Gasteiger partial charge in [0.1, 0.15) is 6.07 Å². The number of aromatic nitrogens is 1. The lowest BCUT2D eigenvalue weighted by Gasteiger charge is -2.29. The maximum absolute atomic E-state index is 12.5. The third-order valence-corrected chi connectivity index (χ3v) is 4.12. The Hall–Kier alpha value is -2.13. The van der Waals surface area contributed by atoms with Crippen molar-refractivity contribution in [1.82, 2.24) is 9.88 Å². The van der Waals surface area contributed by atoms with Crippen LogP contribution >= 0.6 is 0 Å². The van der Waals surface area contributed by atoms with Gasteiger partial charge in [0.15, 0.2) is 0 Å². The first-order valence-corrected chi connectivity index (χ1v) is 7.25. The van der Waals surface area contributed by atoms with E-state index in [1.54, 1.807) is 18.5 Å². The molecule has 2 aliphatic rings. The van der Waals surface area contributed by atoms with Gasteiger partial charge in [-0.05, 0) is 12.5 Å². The van der Waals surface area contributed by atoms with Crippen molar-refractivity contribution in [1.29, 1.82) is 5.26 Å². The van der Waals surface area contributed by atoms with E-state index in [2.05, 4.69) is 16.0 Å². The second-order valence-electron chi connectivity index (χ2n) is 5.37. The summed E-state index contributed by atoms with van der Waals surface area (Å²) < 4.78 is 5.28. The molecule has 3 heterocycles. The molecule has 110 valence electrons. The quantitative estimate of drug-likeness (QED) is 0.798. The van der Waals surface area contributed by atoms with Gasteiger partial charge in [0.2, 0.25) is 5.91 Å². The molecule has 0 aromatic carbocycles. The SMILES string of the molecule is N#Cc1ccncc1N1CCC(C(=O)N2CCOCC2)C1. The Morgan fingerprint density at radius 3 is 2.95 bits per heavy atom. The van der Waals surface area contributed by atoms with E-state index in [0.29, 0.717) is 38.4 Å². The maximum Gasteiger partial charge on any atom is 0.227 e. The van der Waals surface area contributed by atoms with Crippen LogP contribution in [0.25, 0.3) is 0 Å². The van der Waals surface area contributed by atoms with Gasteiger partial charge in [0.05, 0.1) is 36.6 Å².